The van der Waals surface area contributed by atoms with Gasteiger partial charge in [0.2, 0.25) is 16.9 Å². The van der Waals surface area contributed by atoms with Gasteiger partial charge < -0.3 is 5.32 Å². The highest BCUT2D eigenvalue weighted by molar-refractivity contribution is 8.02. The van der Waals surface area contributed by atoms with Crippen LogP contribution in [-0.4, -0.2) is 28.1 Å². The zero-order valence-corrected chi connectivity index (χ0v) is 19.1. The van der Waals surface area contributed by atoms with E-state index in [9.17, 15) is 9.59 Å². The molecule has 0 saturated heterocycles. The molecule has 160 valence electrons. The summed E-state index contributed by atoms with van der Waals surface area (Å²) < 4.78 is 0.664. The average Bonchev–Trinajstić information content (AvgIpc) is 3.51. The van der Waals surface area contributed by atoms with Crippen molar-refractivity contribution in [3.8, 4) is 0 Å². The quantitative estimate of drug-likeness (QED) is 0.374. The topological polar surface area (TPSA) is 75.2 Å². The zero-order chi connectivity index (χ0) is 21.8. The lowest BCUT2D eigenvalue weighted by Gasteiger charge is -2.17. The number of hydrogen-bond acceptors (Lipinski definition) is 6. The third-order valence-corrected chi connectivity index (χ3v) is 7.22. The molecule has 6 nitrogen and oxygen atoms in total. The molecule has 0 radical (unpaired) electrons. The van der Waals surface area contributed by atoms with Crippen LogP contribution in [0.1, 0.15) is 42.6 Å². The number of rotatable bonds is 8. The second kappa shape index (κ2) is 9.62. The molecule has 2 amide bonds. The smallest absolute Gasteiger partial charge is 0.242 e. The van der Waals surface area contributed by atoms with E-state index in [1.165, 1.54) is 23.1 Å². The number of aromatic nitrogens is 2. The van der Waals surface area contributed by atoms with Crippen LogP contribution < -0.4 is 10.2 Å². The lowest BCUT2D eigenvalue weighted by atomic mass is 10.1. The van der Waals surface area contributed by atoms with E-state index in [4.69, 9.17) is 0 Å². The fraction of sp³-hybridized carbons (Fsp3) is 0.304. The number of aryl methyl sites for hydroxylation is 1. The van der Waals surface area contributed by atoms with E-state index in [1.807, 2.05) is 68.4 Å². The molecule has 4 rings (SSSR count). The van der Waals surface area contributed by atoms with E-state index >= 15 is 0 Å². The van der Waals surface area contributed by atoms with Gasteiger partial charge in [-0.25, -0.2) is 0 Å². The first kappa shape index (κ1) is 21.5. The molecule has 1 saturated carbocycles. The van der Waals surface area contributed by atoms with Crippen molar-refractivity contribution < 1.29 is 9.59 Å². The van der Waals surface area contributed by atoms with Gasteiger partial charge in [0.15, 0.2) is 4.34 Å². The molecule has 1 heterocycles. The summed E-state index contributed by atoms with van der Waals surface area (Å²) >= 11 is 2.72. The van der Waals surface area contributed by atoms with E-state index in [0.717, 1.165) is 29.7 Å². The Morgan fingerprint density at radius 1 is 1.13 bits per heavy atom. The molecule has 1 fully saturated rings. The van der Waals surface area contributed by atoms with Gasteiger partial charge in [0.05, 0.1) is 0 Å². The van der Waals surface area contributed by atoms with Crippen LogP contribution in [0.15, 0.2) is 58.9 Å². The van der Waals surface area contributed by atoms with Crippen molar-refractivity contribution >= 4 is 45.7 Å². The molecular formula is C23H24N4O2S2. The Balaban J connectivity index is 1.55. The third kappa shape index (κ3) is 5.32. The maximum atomic E-state index is 13.2. The van der Waals surface area contributed by atoms with Gasteiger partial charge in [-0.2, -0.15) is 0 Å². The number of hydrogen-bond donors (Lipinski definition) is 1. The first-order valence-electron chi connectivity index (χ1n) is 10.3. The molecule has 1 N–H and O–H groups in total. The average molecular weight is 453 g/mol. The Hall–Kier alpha value is -2.71. The van der Waals surface area contributed by atoms with Crippen LogP contribution in [-0.2, 0) is 9.59 Å². The Morgan fingerprint density at radius 2 is 1.84 bits per heavy atom. The lowest BCUT2D eigenvalue weighted by molar-refractivity contribution is -0.118. The minimum atomic E-state index is -0.487. The Morgan fingerprint density at radius 3 is 2.48 bits per heavy atom. The predicted octanol–water partition coefficient (Wildman–Crippen LogP) is 5.22. The van der Waals surface area contributed by atoms with Gasteiger partial charge in [-0.3, -0.25) is 14.5 Å². The van der Waals surface area contributed by atoms with Gasteiger partial charge >= 0.3 is 0 Å². The van der Waals surface area contributed by atoms with E-state index in [1.54, 1.807) is 4.90 Å². The number of anilines is 2. The molecule has 1 aliphatic carbocycles. The molecule has 0 spiro atoms. The highest BCUT2D eigenvalue weighted by Gasteiger charge is 2.35. The van der Waals surface area contributed by atoms with Crippen molar-refractivity contribution in [1.29, 1.82) is 0 Å². The zero-order valence-electron chi connectivity index (χ0n) is 17.4. The molecule has 8 heteroatoms. The third-order valence-electron chi connectivity index (χ3n) is 4.96. The summed E-state index contributed by atoms with van der Waals surface area (Å²) in [5, 5.41) is 11.7. The summed E-state index contributed by atoms with van der Waals surface area (Å²) in [7, 11) is 0. The molecule has 1 aliphatic rings. The van der Waals surface area contributed by atoms with Gasteiger partial charge in [0.25, 0.3) is 0 Å². The molecule has 1 aromatic heterocycles. The normalized spacial score (nSPS) is 14.1. The number of nitrogens with one attached hydrogen (secondary N) is 1. The minimum Gasteiger partial charge on any atom is -0.325 e. The van der Waals surface area contributed by atoms with Crippen LogP contribution >= 0.6 is 23.1 Å². The highest BCUT2D eigenvalue weighted by Crippen LogP contribution is 2.41. The van der Waals surface area contributed by atoms with Crippen molar-refractivity contribution in [3.05, 3.63) is 65.7 Å². The molecule has 0 aliphatic heterocycles. The molecule has 2 aromatic carbocycles. The fourth-order valence-electron chi connectivity index (χ4n) is 3.16. The van der Waals surface area contributed by atoms with Gasteiger partial charge in [-0.1, -0.05) is 78.1 Å². The molecule has 1 atom stereocenters. The van der Waals surface area contributed by atoms with Crippen molar-refractivity contribution in [2.24, 2.45) is 0 Å². The Kier molecular flexibility index (Phi) is 6.67. The highest BCUT2D eigenvalue weighted by atomic mass is 32.2. The van der Waals surface area contributed by atoms with Crippen LogP contribution in [0.2, 0.25) is 0 Å². The van der Waals surface area contributed by atoms with Crippen molar-refractivity contribution in [3.63, 3.8) is 0 Å². The standard InChI is InChI=1S/C23H24N4O2S2/c1-3-19(28)27(18-13-14-18)22-25-26-23(31-22)30-20(16-7-5-4-6-8-16)21(29)24-17-11-9-15(2)10-12-17/h4-12,18,20H,3,13-14H2,1-2H3,(H,24,29)/t20-/m0/s1. The largest absolute Gasteiger partial charge is 0.325 e. The second-order valence-corrected chi connectivity index (χ2v) is 9.77. The molecule has 0 unspecified atom stereocenters. The van der Waals surface area contributed by atoms with Crippen molar-refractivity contribution in [1.82, 2.24) is 10.2 Å². The van der Waals surface area contributed by atoms with Crippen molar-refractivity contribution in [2.45, 2.75) is 48.7 Å². The Labute approximate surface area is 190 Å². The summed E-state index contributed by atoms with van der Waals surface area (Å²) in [4.78, 5) is 27.3. The summed E-state index contributed by atoms with van der Waals surface area (Å²) in [5.41, 5.74) is 2.77. The number of thioether (sulfide) groups is 1. The second-order valence-electron chi connectivity index (χ2n) is 7.46. The van der Waals surface area contributed by atoms with Crippen LogP contribution in [0.25, 0.3) is 0 Å². The number of carbonyl (C=O) groups is 2. The number of carbonyl (C=O) groups excluding carboxylic acids is 2. The summed E-state index contributed by atoms with van der Waals surface area (Å²) in [6.07, 6.45) is 2.43. The summed E-state index contributed by atoms with van der Waals surface area (Å²) in [6, 6.07) is 17.6. The molecule has 31 heavy (non-hydrogen) atoms. The summed E-state index contributed by atoms with van der Waals surface area (Å²) in [6.45, 7) is 3.87. The first-order chi connectivity index (χ1) is 15.0. The maximum absolute atomic E-state index is 13.2. The number of amides is 2. The summed E-state index contributed by atoms with van der Waals surface area (Å²) in [5.74, 6) is -0.0626. The monoisotopic (exact) mass is 452 g/mol. The first-order valence-corrected chi connectivity index (χ1v) is 12.0. The van der Waals surface area contributed by atoms with E-state index in [0.29, 0.717) is 15.9 Å². The fourth-order valence-corrected chi connectivity index (χ4v) is 5.29. The SMILES string of the molecule is CCC(=O)N(c1nnc(S[C@H](C(=O)Nc2ccc(C)cc2)c2ccccc2)s1)C1CC1. The van der Waals surface area contributed by atoms with E-state index in [2.05, 4.69) is 15.5 Å². The van der Waals surface area contributed by atoms with Crippen LogP contribution in [0, 0.1) is 6.92 Å². The van der Waals surface area contributed by atoms with Crippen molar-refractivity contribution in [2.75, 3.05) is 10.2 Å². The molecule has 0 bridgehead atoms. The number of nitrogens with zero attached hydrogens (tertiary/aromatic N) is 3. The van der Waals surface area contributed by atoms with E-state index in [-0.39, 0.29) is 17.9 Å². The van der Waals surface area contributed by atoms with Crippen LogP contribution in [0.3, 0.4) is 0 Å². The Bertz CT molecular complexity index is 1050. The van der Waals surface area contributed by atoms with Gasteiger partial charge in [-0.05, 0) is 37.5 Å². The van der Waals surface area contributed by atoms with Crippen LogP contribution in [0.4, 0.5) is 10.8 Å². The van der Waals surface area contributed by atoms with Gasteiger partial charge in [0, 0.05) is 18.2 Å². The van der Waals surface area contributed by atoms with Crippen LogP contribution in [0.5, 0.6) is 0 Å². The number of benzene rings is 2. The molecular weight excluding hydrogens is 428 g/mol. The lowest BCUT2D eigenvalue weighted by Crippen LogP contribution is -2.32. The maximum Gasteiger partial charge on any atom is 0.242 e. The minimum absolute atomic E-state index is 0.0620. The van der Waals surface area contributed by atoms with Gasteiger partial charge in [-0.15, -0.1) is 10.2 Å². The van der Waals surface area contributed by atoms with Gasteiger partial charge in [0.1, 0.15) is 5.25 Å². The molecule has 3 aromatic rings. The predicted molar refractivity (Wildman–Crippen MR) is 126 cm³/mol. The van der Waals surface area contributed by atoms with E-state index < -0.39 is 5.25 Å².